The number of likely N-dealkylation sites (N-methyl/N-ethyl adjacent to an activating group) is 7. The van der Waals surface area contributed by atoms with E-state index in [1.54, 1.807) is 74.8 Å². The fourth-order valence-electron chi connectivity index (χ4n) is 17.5. The molecule has 0 saturated heterocycles. The fraction of sp³-hybridized carbons (Fsp3) is 0.647. The van der Waals surface area contributed by atoms with Gasteiger partial charge in [0.2, 0.25) is 0 Å². The molecule has 0 radical (unpaired) electrons. The molecule has 7 aliphatic carbocycles. The summed E-state index contributed by atoms with van der Waals surface area (Å²) in [5.41, 5.74) is -16.5. The molecule has 21 heteroatoms. The van der Waals surface area contributed by atoms with Crippen molar-refractivity contribution < 1.29 is 166 Å². The Balaban J connectivity index is 0.000000294. The number of hydrogen-bond donors (Lipinski definition) is 7. The second kappa shape index (κ2) is 58.7. The maximum absolute atomic E-state index is 12.0. The molecular formula is C119H189N7O14. The highest BCUT2D eigenvalue weighted by molar-refractivity contribution is 5.38. The highest BCUT2D eigenvalue weighted by Crippen LogP contribution is 2.49. The van der Waals surface area contributed by atoms with Crippen molar-refractivity contribution >= 4 is 0 Å². The third-order valence-electron chi connectivity index (χ3n) is 24.5. The van der Waals surface area contributed by atoms with Crippen molar-refractivity contribution in [2.24, 2.45) is 0 Å². The second-order valence-corrected chi connectivity index (χ2v) is 35.7. The molecule has 7 N–H and O–H groups in total. The smallest absolute Gasteiger partial charge is 0.118 e. The number of rotatable bonds is 35. The summed E-state index contributed by atoms with van der Waals surface area (Å²) in [6.45, 7) is -31.7. The van der Waals surface area contributed by atoms with Crippen LogP contribution in [-0.4, -0.2) is 303 Å². The largest absolute Gasteiger partial charge is 0.497 e. The van der Waals surface area contributed by atoms with E-state index in [4.69, 9.17) is 128 Å². The number of benzene rings is 7. The van der Waals surface area contributed by atoms with Gasteiger partial charge < -0.3 is 103 Å². The summed E-state index contributed by atoms with van der Waals surface area (Å²) >= 11 is 0. The lowest BCUT2D eigenvalue weighted by molar-refractivity contribution is -0.0280. The Kier molecular flexibility index (Phi) is 21.7. The van der Waals surface area contributed by atoms with E-state index in [-0.39, 0.29) is 64.3 Å². The third-order valence-corrected chi connectivity index (χ3v) is 24.5. The summed E-state index contributed by atoms with van der Waals surface area (Å²) in [6.07, 6.45) is -45.2. The standard InChI is InChI=1S/7C17H27NO2/c7*1-18(2)13-16(17(19)11-5-4-6-12-17)14-7-9-15(20-3)10-8-14/h7*7-10,16,19H,4-6,11-13H2,1-3H3/i1D3,2D3,4D2,5D2,6D2,11D2,12D2,13D2,16D;1D3,4D2,5D2,6D2,11D2,12D2,13D2,16D;4D2,5D2,6D2,11D2,12D2,13D2,16D;1D3,2D3,3D3;3D3,13D2;1D3,3D3;3D3. The summed E-state index contributed by atoms with van der Waals surface area (Å²) in [5.74, 6) is -12.2. The molecule has 0 aliphatic heterocycles. The van der Waals surface area contributed by atoms with E-state index in [0.29, 0.717) is 67.3 Å². The highest BCUT2D eigenvalue weighted by Gasteiger charge is 2.46. The molecule has 0 spiro atoms. The van der Waals surface area contributed by atoms with Crippen molar-refractivity contribution in [1.29, 1.82) is 0 Å². The molecule has 0 aromatic heterocycles. The van der Waals surface area contributed by atoms with Crippen LogP contribution in [0.2, 0.25) is 0 Å². The first kappa shape index (κ1) is 51.8. The first-order valence-electron chi connectivity index (χ1n) is 81.4. The zero-order valence-electron chi connectivity index (χ0n) is 152. The van der Waals surface area contributed by atoms with Crippen LogP contribution in [0.5, 0.6) is 40.2 Å². The maximum Gasteiger partial charge on any atom is 0.118 e. The van der Waals surface area contributed by atoms with E-state index in [1.807, 2.05) is 26.2 Å². The van der Waals surface area contributed by atoms with Crippen molar-refractivity contribution in [3.63, 3.8) is 0 Å². The van der Waals surface area contributed by atoms with Crippen molar-refractivity contribution in [1.82, 2.24) is 34.3 Å². The lowest BCUT2D eigenvalue weighted by Crippen LogP contribution is -2.42. The average Bonchev–Trinajstić information content (AvgIpc) is 0.643. The molecular weight excluding hydrogens is 1750 g/mol. The summed E-state index contributed by atoms with van der Waals surface area (Å²) in [4.78, 5) is 5.13. The normalized spacial score (nSPS) is 34.7. The van der Waals surface area contributed by atoms with Crippen LogP contribution in [0.1, 0.15) is 402 Å². The lowest BCUT2D eigenvalue weighted by atomic mass is 9.72. The van der Waals surface area contributed by atoms with Gasteiger partial charge >= 0.3 is 0 Å². The van der Waals surface area contributed by atoms with Gasteiger partial charge in [-0.3, -0.25) is 0 Å². The zero-order valence-corrected chi connectivity index (χ0v) is 81.4. The number of aliphatic hydroxyl groups is 7. The summed E-state index contributed by atoms with van der Waals surface area (Å²) in [5, 5.41) is 80.6. The minimum absolute atomic E-state index is 0.00816. The van der Waals surface area contributed by atoms with Crippen LogP contribution in [0.4, 0.5) is 0 Å². The van der Waals surface area contributed by atoms with Gasteiger partial charge in [0.1, 0.15) is 40.2 Å². The second-order valence-electron chi connectivity index (χ2n) is 35.7. The molecule has 0 amide bonds. The number of ether oxygens (including phenoxy) is 7. The van der Waals surface area contributed by atoms with Gasteiger partial charge in [0.25, 0.3) is 0 Å². The number of nitrogens with zero attached hydrogens (tertiary/aromatic N) is 7. The van der Waals surface area contributed by atoms with Gasteiger partial charge in [0, 0.05) is 168 Å². The van der Waals surface area contributed by atoms with Gasteiger partial charge in [-0.25, -0.2) is 0 Å². The maximum atomic E-state index is 12.0. The minimum Gasteiger partial charge on any atom is -0.497 e. The molecule has 7 aromatic rings. The SMILES string of the molecule is [2H]C([2H])(N(C)C)C([2H])(c1ccc(OC)cc1)C1(O)C([2H])([2H])C([2H])([2H])C([2H])([2H])C([2H])([2H])C1([2H])[2H].[2H]C([2H])([2H])N(C([2H])([2H])[2H])C([2H])([2H])C([2H])(c1ccc(OC)cc1)C1(O)C([2H])([2H])C([2H])([2H])C([2H])([2H])C([2H])([2H])C1([2H])[2H].[2H]C([2H])([2H])N(C)C([2H])([2H])C([2H])(c1ccc(OC)cc1)C1(O)C([2H])([2H])C([2H])([2H])C([2H])([2H])C([2H])([2H])C1([2H])[2H].[2H]C([2H])([2H])Oc1ccc(C(C2(O)CCCCC2)C([2H])([2H])N(C)C)cc1.[2H]C([2H])([2H])Oc1ccc(C(CN(C([2H])([2H])[2H])C([2H])([2H])[2H])C2(O)CCCCC2)cc1.[2H]C([2H])([2H])Oc1ccc(C(CN(C)C([2H])([2H])[2H])C2(O)CCCCC2)cc1.[2H]C([2H])([2H])Oc1ccc(C(CN(C)C)C2(O)CCCCC2)cc1. The Morgan fingerprint density at radius 3 is 0.679 bits per heavy atom. The third kappa shape index (κ3) is 36.7. The highest BCUT2D eigenvalue weighted by atomic mass is 16.5. The van der Waals surface area contributed by atoms with E-state index < -0.39 is 282 Å². The van der Waals surface area contributed by atoms with E-state index in [2.05, 4.69) is 4.90 Å². The van der Waals surface area contributed by atoms with Crippen molar-refractivity contribution in [2.75, 3.05) is 193 Å². The van der Waals surface area contributed by atoms with Crippen LogP contribution in [0, 0.1) is 0 Å². The van der Waals surface area contributed by atoms with Gasteiger partial charge in [0.15, 0.2) is 0 Å². The van der Waals surface area contributed by atoms with Gasteiger partial charge in [-0.2, -0.15) is 0 Å². The molecule has 14 rings (SSSR count). The summed E-state index contributed by atoms with van der Waals surface area (Å²) < 4.78 is 602. The fourth-order valence-corrected chi connectivity index (χ4v) is 17.5. The molecule has 7 atom stereocenters. The van der Waals surface area contributed by atoms with E-state index in [1.165, 1.54) is 81.0 Å². The Labute approximate surface area is 946 Å². The minimum atomic E-state index is -4.67. The molecule has 140 heavy (non-hydrogen) atoms. The van der Waals surface area contributed by atoms with E-state index in [0.717, 1.165) is 181 Å². The predicted molar refractivity (Wildman–Crippen MR) is 576 cm³/mol. The molecule has 7 saturated carbocycles. The topological polar surface area (TPSA) is 229 Å². The lowest BCUT2D eigenvalue weighted by Gasteiger charge is -2.40. The first-order valence-corrected chi connectivity index (χ1v) is 45.9. The Morgan fingerprint density at radius 2 is 0.450 bits per heavy atom. The van der Waals surface area contributed by atoms with Crippen molar-refractivity contribution in [3.05, 3.63) is 209 Å². The molecule has 0 heterocycles. The van der Waals surface area contributed by atoms with Crippen molar-refractivity contribution in [3.8, 4) is 40.2 Å². The number of hydrogen-bond acceptors (Lipinski definition) is 21. The molecule has 7 aliphatic rings. The zero-order chi connectivity index (χ0) is 164. The van der Waals surface area contributed by atoms with Crippen LogP contribution in [0.25, 0.3) is 0 Å². The number of methoxy groups -OCH3 is 7. The van der Waals surface area contributed by atoms with Gasteiger partial charge in [-0.05, 0) is 312 Å². The van der Waals surface area contributed by atoms with Crippen LogP contribution in [-0.2, 0) is 0 Å². The van der Waals surface area contributed by atoms with Crippen LogP contribution >= 0.6 is 0 Å². The molecule has 0 bridgehead atoms. The molecule has 21 nitrogen and oxygen atoms in total. The van der Waals surface area contributed by atoms with Crippen LogP contribution < -0.4 is 33.2 Å². The molecule has 7 unspecified atom stereocenters. The van der Waals surface area contributed by atoms with Crippen molar-refractivity contribution in [2.45, 2.75) is 305 Å². The molecule has 784 valence electrons. The van der Waals surface area contributed by atoms with Gasteiger partial charge in [-0.15, -0.1) is 0 Å². The van der Waals surface area contributed by atoms with E-state index >= 15 is 0 Å². The van der Waals surface area contributed by atoms with E-state index in [9.17, 15) is 38.5 Å². The van der Waals surface area contributed by atoms with Crippen LogP contribution in [0.15, 0.2) is 170 Å². The predicted octanol–water partition coefficient (Wildman–Crippen LogP) is 21.2. The Hall–Kier alpha value is -7.42. The summed E-state index contributed by atoms with van der Waals surface area (Å²) in [7, 11) is 5.42. The Bertz CT molecular complexity index is 7650. The molecule has 7 aromatic carbocycles. The first-order chi connectivity index (χ1) is 94.3. The average molecular weight is 2010 g/mol. The van der Waals surface area contributed by atoms with Gasteiger partial charge in [-0.1, -0.05) is 219 Å². The molecule has 7 fully saturated rings. The monoisotopic (exact) mass is 2010 g/mol. The summed E-state index contributed by atoms with van der Waals surface area (Å²) in [6, 6.07) is 38.0. The van der Waals surface area contributed by atoms with Gasteiger partial charge in [0.05, 0.1) is 105 Å². The van der Waals surface area contributed by atoms with Crippen LogP contribution in [0.3, 0.4) is 0 Å². The quantitative estimate of drug-likeness (QED) is 0.0196. The Morgan fingerprint density at radius 1 is 0.243 bits per heavy atom.